The fourth-order valence-corrected chi connectivity index (χ4v) is 4.39. The van der Waals surface area contributed by atoms with E-state index >= 15 is 0 Å². The quantitative estimate of drug-likeness (QED) is 0.374. The van der Waals surface area contributed by atoms with Crippen molar-refractivity contribution in [3.05, 3.63) is 62.1 Å². The molecule has 1 saturated heterocycles. The second-order valence-electron chi connectivity index (χ2n) is 5.95. The zero-order valence-electron chi connectivity index (χ0n) is 15.6. The summed E-state index contributed by atoms with van der Waals surface area (Å²) in [6.07, 6.45) is 1.73. The molecule has 1 aliphatic rings. The molecule has 1 heterocycles. The van der Waals surface area contributed by atoms with E-state index in [4.69, 9.17) is 9.47 Å². The van der Waals surface area contributed by atoms with Crippen molar-refractivity contribution in [3.63, 3.8) is 0 Å². The third-order valence-corrected chi connectivity index (χ3v) is 5.68. The van der Waals surface area contributed by atoms with Crippen molar-refractivity contribution in [1.29, 1.82) is 0 Å². The van der Waals surface area contributed by atoms with Gasteiger partial charge < -0.3 is 9.47 Å². The van der Waals surface area contributed by atoms with Crippen molar-refractivity contribution in [2.75, 3.05) is 13.2 Å². The van der Waals surface area contributed by atoms with Crippen LogP contribution in [0.15, 0.2) is 47.4 Å². The fourth-order valence-electron chi connectivity index (χ4n) is 2.77. The number of halogens is 1. The van der Waals surface area contributed by atoms with E-state index < -0.39 is 0 Å². The number of carbonyl (C=O) groups excluding carboxylic acids is 2. The first kappa shape index (κ1) is 20.7. The number of rotatable bonds is 7. The number of hydrogen-bond acceptors (Lipinski definition) is 5. The van der Waals surface area contributed by atoms with Gasteiger partial charge in [-0.15, -0.1) is 0 Å². The molecule has 0 saturated carbocycles. The van der Waals surface area contributed by atoms with Gasteiger partial charge >= 0.3 is 0 Å². The number of carbonyl (C=O) groups is 2. The van der Waals surface area contributed by atoms with E-state index in [2.05, 4.69) is 22.6 Å². The minimum absolute atomic E-state index is 0.259. The molecule has 0 atom stereocenters. The molecule has 2 amide bonds. The number of ether oxygens (including phenoxy) is 2. The Labute approximate surface area is 182 Å². The minimum atomic E-state index is -0.277. The monoisotopic (exact) mass is 509 g/mol. The first-order chi connectivity index (χ1) is 13.5. The summed E-state index contributed by atoms with van der Waals surface area (Å²) in [4.78, 5) is 26.8. The van der Waals surface area contributed by atoms with Crippen LogP contribution in [0.2, 0.25) is 0 Å². The van der Waals surface area contributed by atoms with E-state index in [9.17, 15) is 9.59 Å². The topological polar surface area (TPSA) is 55.8 Å². The second kappa shape index (κ2) is 9.47. The molecule has 5 nitrogen and oxygen atoms in total. The Morgan fingerprint density at radius 2 is 1.79 bits per heavy atom. The summed E-state index contributed by atoms with van der Waals surface area (Å²) >= 11 is 3.15. The lowest BCUT2D eigenvalue weighted by molar-refractivity contribution is -0.123. The van der Waals surface area contributed by atoms with Crippen molar-refractivity contribution in [2.45, 2.75) is 20.4 Å². The van der Waals surface area contributed by atoms with Crippen LogP contribution in [0.25, 0.3) is 6.08 Å². The number of imide groups is 1. The van der Waals surface area contributed by atoms with Gasteiger partial charge in [-0.3, -0.25) is 14.5 Å². The lowest BCUT2D eigenvalue weighted by Gasteiger charge is -2.14. The third-order valence-electron chi connectivity index (χ3n) is 3.98. The smallest absolute Gasteiger partial charge is 0.293 e. The van der Waals surface area contributed by atoms with E-state index in [1.54, 1.807) is 6.08 Å². The molecule has 0 N–H and O–H groups in total. The average Bonchev–Trinajstić information content (AvgIpc) is 2.93. The van der Waals surface area contributed by atoms with Crippen LogP contribution in [0, 0.1) is 3.57 Å². The first-order valence-electron chi connectivity index (χ1n) is 8.92. The minimum Gasteiger partial charge on any atom is -0.490 e. The van der Waals surface area contributed by atoms with Crippen molar-refractivity contribution in [1.82, 2.24) is 4.90 Å². The van der Waals surface area contributed by atoms with Gasteiger partial charge in [-0.25, -0.2) is 0 Å². The maximum absolute atomic E-state index is 12.7. The number of thioether (sulfide) groups is 1. The van der Waals surface area contributed by atoms with E-state index in [-0.39, 0.29) is 17.7 Å². The molecular weight excluding hydrogens is 489 g/mol. The Hall–Kier alpha value is -2.00. The third kappa shape index (κ3) is 4.70. The van der Waals surface area contributed by atoms with Gasteiger partial charge in [0.05, 0.1) is 28.2 Å². The highest BCUT2D eigenvalue weighted by Gasteiger charge is 2.35. The van der Waals surface area contributed by atoms with E-state index in [1.165, 1.54) is 4.90 Å². The van der Waals surface area contributed by atoms with Gasteiger partial charge in [0.1, 0.15) is 0 Å². The predicted molar refractivity (Wildman–Crippen MR) is 119 cm³/mol. The molecule has 0 aromatic heterocycles. The molecule has 28 heavy (non-hydrogen) atoms. The Morgan fingerprint density at radius 3 is 2.46 bits per heavy atom. The van der Waals surface area contributed by atoms with Crippen molar-refractivity contribution in [2.24, 2.45) is 0 Å². The molecule has 1 fully saturated rings. The summed E-state index contributed by atoms with van der Waals surface area (Å²) in [7, 11) is 0. The maximum atomic E-state index is 12.7. The van der Waals surface area contributed by atoms with Crippen LogP contribution in [0.4, 0.5) is 4.79 Å². The van der Waals surface area contributed by atoms with E-state index in [1.807, 2.05) is 56.3 Å². The summed E-state index contributed by atoms with van der Waals surface area (Å²) in [5.74, 6) is 1.05. The Bertz CT molecular complexity index is 914. The van der Waals surface area contributed by atoms with Gasteiger partial charge in [-0.1, -0.05) is 30.3 Å². The van der Waals surface area contributed by atoms with Gasteiger partial charge in [0.2, 0.25) is 0 Å². The Balaban J connectivity index is 1.87. The van der Waals surface area contributed by atoms with Crippen molar-refractivity contribution >= 4 is 51.6 Å². The highest BCUT2D eigenvalue weighted by Crippen LogP contribution is 2.37. The standard InChI is InChI=1S/C21H20INO4S/c1-3-26-17-11-15(10-16(22)19(17)27-4-2)12-18-20(24)23(21(25)28-18)13-14-8-6-5-7-9-14/h5-12H,3-4,13H2,1-2H3/b18-12-. The predicted octanol–water partition coefficient (Wildman–Crippen LogP) is 5.33. The van der Waals surface area contributed by atoms with Crippen molar-refractivity contribution < 1.29 is 19.1 Å². The molecule has 0 spiro atoms. The van der Waals surface area contributed by atoms with Gasteiger partial charge in [0, 0.05) is 0 Å². The summed E-state index contributed by atoms with van der Waals surface area (Å²) in [5.41, 5.74) is 1.71. The van der Waals surface area contributed by atoms with Crippen LogP contribution in [-0.2, 0) is 11.3 Å². The van der Waals surface area contributed by atoms with Crippen LogP contribution < -0.4 is 9.47 Å². The molecule has 0 unspecified atom stereocenters. The molecule has 0 radical (unpaired) electrons. The molecule has 3 rings (SSSR count). The first-order valence-corrected chi connectivity index (χ1v) is 10.8. The molecule has 1 aliphatic heterocycles. The molecule has 146 valence electrons. The summed E-state index contributed by atoms with van der Waals surface area (Å²) in [5, 5.41) is -0.259. The number of nitrogens with zero attached hydrogens (tertiary/aromatic N) is 1. The van der Waals surface area contributed by atoms with Crippen LogP contribution >= 0.6 is 34.4 Å². The fraction of sp³-hybridized carbons (Fsp3) is 0.238. The van der Waals surface area contributed by atoms with Crippen LogP contribution in [0.5, 0.6) is 11.5 Å². The SMILES string of the molecule is CCOc1cc(/C=C2\SC(=O)N(Cc3ccccc3)C2=O)cc(I)c1OCC. The molecule has 2 aromatic rings. The van der Waals surface area contributed by atoms with Crippen LogP contribution in [-0.4, -0.2) is 29.3 Å². The molecule has 0 aliphatic carbocycles. The van der Waals surface area contributed by atoms with Gasteiger partial charge in [-0.2, -0.15) is 0 Å². The lowest BCUT2D eigenvalue weighted by Crippen LogP contribution is -2.27. The van der Waals surface area contributed by atoms with Crippen LogP contribution in [0.1, 0.15) is 25.0 Å². The summed E-state index contributed by atoms with van der Waals surface area (Å²) < 4.78 is 12.3. The van der Waals surface area contributed by atoms with E-state index in [0.717, 1.165) is 26.5 Å². The zero-order valence-corrected chi connectivity index (χ0v) is 18.6. The van der Waals surface area contributed by atoms with Crippen LogP contribution in [0.3, 0.4) is 0 Å². The maximum Gasteiger partial charge on any atom is 0.293 e. The number of amides is 2. The largest absolute Gasteiger partial charge is 0.490 e. The summed E-state index contributed by atoms with van der Waals surface area (Å²) in [6.45, 7) is 5.14. The number of benzene rings is 2. The lowest BCUT2D eigenvalue weighted by atomic mass is 10.1. The van der Waals surface area contributed by atoms with Gasteiger partial charge in [0.15, 0.2) is 11.5 Å². The normalized spacial score (nSPS) is 15.4. The average molecular weight is 509 g/mol. The second-order valence-corrected chi connectivity index (χ2v) is 8.10. The molecule has 2 aromatic carbocycles. The summed E-state index contributed by atoms with van der Waals surface area (Å²) in [6, 6.07) is 13.2. The Kier molecular flexibility index (Phi) is 7.01. The Morgan fingerprint density at radius 1 is 1.07 bits per heavy atom. The molecular formula is C21H20INO4S. The van der Waals surface area contributed by atoms with Gasteiger partial charge in [0.25, 0.3) is 11.1 Å². The highest BCUT2D eigenvalue weighted by atomic mass is 127. The number of hydrogen-bond donors (Lipinski definition) is 0. The molecule has 7 heteroatoms. The molecule has 0 bridgehead atoms. The zero-order chi connectivity index (χ0) is 20.1. The highest BCUT2D eigenvalue weighted by molar-refractivity contribution is 14.1. The van der Waals surface area contributed by atoms with Crippen molar-refractivity contribution in [3.8, 4) is 11.5 Å². The van der Waals surface area contributed by atoms with Gasteiger partial charge in [-0.05, 0) is 77.5 Å². The van der Waals surface area contributed by atoms with E-state index in [0.29, 0.717) is 29.6 Å².